The fourth-order valence-corrected chi connectivity index (χ4v) is 6.24. The number of nitrogens with one attached hydrogen (secondary N) is 1. The third-order valence-corrected chi connectivity index (χ3v) is 8.67. The summed E-state index contributed by atoms with van der Waals surface area (Å²) in [5, 5.41) is 5.84. The van der Waals surface area contributed by atoms with E-state index in [-0.39, 0.29) is 17.8 Å². The molecule has 1 aliphatic rings. The first-order valence-electron chi connectivity index (χ1n) is 14.7. The van der Waals surface area contributed by atoms with Gasteiger partial charge in [-0.3, -0.25) is 14.6 Å². The van der Waals surface area contributed by atoms with Crippen LogP contribution in [-0.4, -0.2) is 60.6 Å². The fourth-order valence-electron chi connectivity index (χ4n) is 5.42. The van der Waals surface area contributed by atoms with Gasteiger partial charge in [-0.15, -0.1) is 11.3 Å². The van der Waals surface area contributed by atoms with Crippen LogP contribution in [0.25, 0.3) is 0 Å². The molecule has 0 radical (unpaired) electrons. The van der Waals surface area contributed by atoms with Crippen molar-refractivity contribution in [1.29, 1.82) is 0 Å². The number of carbonyl (C=O) groups excluding carboxylic acids is 1. The lowest BCUT2D eigenvalue weighted by molar-refractivity contribution is 0.0904. The molecule has 0 bridgehead atoms. The monoisotopic (exact) mass is 602 g/mol. The van der Waals surface area contributed by atoms with E-state index in [1.165, 1.54) is 23.0 Å². The van der Waals surface area contributed by atoms with E-state index in [4.69, 9.17) is 9.47 Å². The van der Waals surface area contributed by atoms with Crippen LogP contribution in [0, 0.1) is 5.82 Å². The van der Waals surface area contributed by atoms with Crippen molar-refractivity contribution < 1.29 is 18.7 Å². The van der Waals surface area contributed by atoms with Gasteiger partial charge in [-0.2, -0.15) is 0 Å². The van der Waals surface area contributed by atoms with Gasteiger partial charge in [0, 0.05) is 49.7 Å². The van der Waals surface area contributed by atoms with Gasteiger partial charge in [-0.1, -0.05) is 54.6 Å². The summed E-state index contributed by atoms with van der Waals surface area (Å²) in [6.45, 7) is 4.46. The van der Waals surface area contributed by atoms with E-state index < -0.39 is 0 Å². The van der Waals surface area contributed by atoms with Crippen LogP contribution >= 0.6 is 11.3 Å². The second-order valence-electron chi connectivity index (χ2n) is 10.9. The van der Waals surface area contributed by atoms with Gasteiger partial charge in [0.15, 0.2) is 11.5 Å². The molecule has 7 nitrogen and oxygen atoms in total. The van der Waals surface area contributed by atoms with Crippen molar-refractivity contribution in [3.05, 3.63) is 111 Å². The lowest BCUT2D eigenvalue weighted by atomic mass is 10.0. The number of carbonyl (C=O) groups is 1. The van der Waals surface area contributed by atoms with Crippen LogP contribution in [0.15, 0.2) is 78.2 Å². The van der Waals surface area contributed by atoms with Gasteiger partial charge in [-0.25, -0.2) is 9.37 Å². The second kappa shape index (κ2) is 15.1. The van der Waals surface area contributed by atoms with Crippen molar-refractivity contribution in [3.63, 3.8) is 0 Å². The van der Waals surface area contributed by atoms with Crippen molar-refractivity contribution in [1.82, 2.24) is 20.1 Å². The molecule has 1 amide bonds. The number of rotatable bonds is 13. The molecule has 4 aromatic rings. The number of thiazole rings is 1. The minimum atomic E-state index is -0.229. The van der Waals surface area contributed by atoms with Crippen LogP contribution in [0.4, 0.5) is 4.39 Å². The van der Waals surface area contributed by atoms with Crippen LogP contribution < -0.4 is 14.8 Å². The molecular weight excluding hydrogens is 563 g/mol. The maximum Gasteiger partial charge on any atom is 0.270 e. The summed E-state index contributed by atoms with van der Waals surface area (Å²) in [6.07, 6.45) is 2.57. The number of methoxy groups -OCH3 is 2. The van der Waals surface area contributed by atoms with Gasteiger partial charge >= 0.3 is 0 Å². The molecule has 1 aromatic heterocycles. The molecule has 0 atom stereocenters. The number of halogens is 1. The molecule has 0 unspecified atom stereocenters. The van der Waals surface area contributed by atoms with E-state index in [1.54, 1.807) is 20.3 Å². The SMILES string of the molecule is COc1ccc(CCN(Cc2nc(C(=O)NC3CCN(Cc4ccccc4)CC3)cs2)Cc2ccccc2F)cc1OC. The summed E-state index contributed by atoms with van der Waals surface area (Å²) in [5.74, 6) is 1.00. The highest BCUT2D eigenvalue weighted by Crippen LogP contribution is 2.28. The maximum absolute atomic E-state index is 14.6. The Morgan fingerprint density at radius 2 is 1.72 bits per heavy atom. The first-order chi connectivity index (χ1) is 21.0. The Morgan fingerprint density at radius 1 is 0.977 bits per heavy atom. The zero-order valence-electron chi connectivity index (χ0n) is 24.8. The molecular formula is C34H39FN4O3S. The molecule has 2 heterocycles. The number of hydrogen-bond donors (Lipinski definition) is 1. The minimum Gasteiger partial charge on any atom is -0.493 e. The average Bonchev–Trinajstić information content (AvgIpc) is 3.51. The number of ether oxygens (including phenoxy) is 2. The van der Waals surface area contributed by atoms with Crippen LogP contribution in [0.1, 0.15) is 45.0 Å². The number of hydrogen-bond acceptors (Lipinski definition) is 7. The Morgan fingerprint density at radius 3 is 2.47 bits per heavy atom. The summed E-state index contributed by atoms with van der Waals surface area (Å²) in [4.78, 5) is 22.4. The summed E-state index contributed by atoms with van der Waals surface area (Å²) < 4.78 is 25.4. The number of piperidine rings is 1. The summed E-state index contributed by atoms with van der Waals surface area (Å²) in [6, 6.07) is 23.4. The Kier molecular flexibility index (Phi) is 10.8. The van der Waals surface area contributed by atoms with Crippen molar-refractivity contribution >= 4 is 17.2 Å². The topological polar surface area (TPSA) is 66.9 Å². The van der Waals surface area contributed by atoms with Crippen molar-refractivity contribution in [2.45, 2.75) is 44.9 Å². The molecule has 43 heavy (non-hydrogen) atoms. The van der Waals surface area contributed by atoms with Crippen molar-refractivity contribution in [2.75, 3.05) is 33.9 Å². The Balaban J connectivity index is 1.18. The lowest BCUT2D eigenvalue weighted by Gasteiger charge is -2.32. The van der Waals surface area contributed by atoms with Gasteiger partial charge in [0.25, 0.3) is 5.91 Å². The quantitative estimate of drug-likeness (QED) is 0.204. The van der Waals surface area contributed by atoms with Crippen molar-refractivity contribution in [2.24, 2.45) is 0 Å². The fraction of sp³-hybridized carbons (Fsp3) is 0.353. The second-order valence-corrected chi connectivity index (χ2v) is 11.8. The average molecular weight is 603 g/mol. The number of nitrogens with zero attached hydrogens (tertiary/aromatic N) is 3. The van der Waals surface area contributed by atoms with Crippen LogP contribution in [0.3, 0.4) is 0 Å². The highest BCUT2D eigenvalue weighted by molar-refractivity contribution is 7.09. The Bertz CT molecular complexity index is 1470. The molecule has 0 aliphatic carbocycles. The molecule has 1 fully saturated rings. The van der Waals surface area contributed by atoms with E-state index in [1.807, 2.05) is 41.8 Å². The third kappa shape index (κ3) is 8.63. The lowest BCUT2D eigenvalue weighted by Crippen LogP contribution is -2.44. The summed E-state index contributed by atoms with van der Waals surface area (Å²) >= 11 is 1.47. The highest BCUT2D eigenvalue weighted by Gasteiger charge is 2.23. The van der Waals surface area contributed by atoms with Gasteiger partial charge in [0.2, 0.25) is 0 Å². The minimum absolute atomic E-state index is 0.130. The Hall–Kier alpha value is -3.79. The molecule has 226 valence electrons. The number of amides is 1. The molecule has 1 N–H and O–H groups in total. The standard InChI is InChI=1S/C34H39FN4O3S/c1-41-31-13-12-25(20-32(31)42-2)14-17-39(22-27-10-6-7-11-29(27)35)23-33-37-30(24-43-33)34(40)36-28-15-18-38(19-16-28)21-26-8-4-3-5-9-26/h3-13,20,24,28H,14-19,21-23H2,1-2H3,(H,36,40). The largest absolute Gasteiger partial charge is 0.493 e. The molecule has 1 aliphatic heterocycles. The smallest absolute Gasteiger partial charge is 0.270 e. The normalized spacial score (nSPS) is 14.1. The van der Waals surface area contributed by atoms with Crippen LogP contribution in [0.2, 0.25) is 0 Å². The first-order valence-corrected chi connectivity index (χ1v) is 15.6. The van der Waals surface area contributed by atoms with Gasteiger partial charge < -0.3 is 14.8 Å². The maximum atomic E-state index is 14.6. The molecule has 5 rings (SSSR count). The number of aromatic nitrogens is 1. The predicted molar refractivity (Wildman–Crippen MR) is 168 cm³/mol. The predicted octanol–water partition coefficient (Wildman–Crippen LogP) is 5.94. The summed E-state index contributed by atoms with van der Waals surface area (Å²) in [7, 11) is 3.24. The Labute approximate surface area is 257 Å². The number of likely N-dealkylation sites (tertiary alicyclic amines) is 1. The van der Waals surface area contributed by atoms with Gasteiger partial charge in [-0.05, 0) is 48.6 Å². The zero-order valence-corrected chi connectivity index (χ0v) is 25.6. The van der Waals surface area contributed by atoms with Gasteiger partial charge in [0.05, 0.1) is 20.8 Å². The first kappa shape index (κ1) is 30.7. The highest BCUT2D eigenvalue weighted by atomic mass is 32.1. The van der Waals surface area contributed by atoms with Crippen LogP contribution in [-0.2, 0) is 26.1 Å². The molecule has 1 saturated heterocycles. The van der Waals surface area contributed by atoms with Crippen molar-refractivity contribution in [3.8, 4) is 11.5 Å². The van der Waals surface area contributed by atoms with Gasteiger partial charge in [0.1, 0.15) is 16.5 Å². The van der Waals surface area contributed by atoms with E-state index in [0.29, 0.717) is 42.4 Å². The van der Waals surface area contributed by atoms with E-state index in [9.17, 15) is 9.18 Å². The van der Waals surface area contributed by atoms with Crippen LogP contribution in [0.5, 0.6) is 11.5 Å². The zero-order chi connectivity index (χ0) is 30.0. The molecule has 9 heteroatoms. The van der Waals surface area contributed by atoms with E-state index >= 15 is 0 Å². The molecule has 0 spiro atoms. The third-order valence-electron chi connectivity index (χ3n) is 7.83. The molecule has 3 aromatic carbocycles. The number of benzene rings is 3. The van der Waals surface area contributed by atoms with E-state index in [2.05, 4.69) is 44.4 Å². The summed E-state index contributed by atoms with van der Waals surface area (Å²) in [5.41, 5.74) is 3.47. The van der Waals surface area contributed by atoms with E-state index in [0.717, 1.165) is 49.5 Å². The molecule has 0 saturated carbocycles.